The van der Waals surface area contributed by atoms with Crippen LogP contribution in [0.2, 0.25) is 0 Å². The molecule has 0 atom stereocenters. The molecular weight excluding hydrogens is 150 g/mol. The zero-order chi connectivity index (χ0) is 8.39. The second kappa shape index (κ2) is 2.87. The van der Waals surface area contributed by atoms with Crippen molar-refractivity contribution in [2.75, 3.05) is 17.3 Å². The van der Waals surface area contributed by atoms with E-state index in [0.29, 0.717) is 0 Å². The second-order valence-corrected chi connectivity index (χ2v) is 2.71. The molecule has 1 aliphatic rings. The number of nitrogen functional groups attached to an aromatic ring is 1. The highest BCUT2D eigenvalue weighted by Crippen LogP contribution is 2.17. The summed E-state index contributed by atoms with van der Waals surface area (Å²) >= 11 is 0. The van der Waals surface area contributed by atoms with Crippen molar-refractivity contribution >= 4 is 11.4 Å². The molecule has 1 aliphatic heterocycles. The van der Waals surface area contributed by atoms with Crippen LogP contribution in [0.1, 0.15) is 0 Å². The van der Waals surface area contributed by atoms with Gasteiger partial charge in [-0.25, -0.2) is 5.43 Å². The molecule has 0 saturated carbocycles. The molecule has 3 N–H and O–H groups in total. The van der Waals surface area contributed by atoms with E-state index in [1.165, 1.54) is 0 Å². The molecule has 1 aromatic rings. The Morgan fingerprint density at radius 3 is 3.00 bits per heavy atom. The van der Waals surface area contributed by atoms with Crippen LogP contribution in [0.3, 0.4) is 0 Å². The van der Waals surface area contributed by atoms with E-state index in [4.69, 9.17) is 5.73 Å². The minimum atomic E-state index is 0.787. The van der Waals surface area contributed by atoms with Gasteiger partial charge in [-0.2, -0.15) is 0 Å². The first-order valence-corrected chi connectivity index (χ1v) is 3.91. The Bertz CT molecular complexity index is 306. The van der Waals surface area contributed by atoms with E-state index in [2.05, 4.69) is 11.5 Å². The molecule has 0 aromatic heterocycles. The highest BCUT2D eigenvalue weighted by atomic mass is 15.5. The van der Waals surface area contributed by atoms with Gasteiger partial charge in [0.25, 0.3) is 0 Å². The van der Waals surface area contributed by atoms with Crippen LogP contribution in [-0.4, -0.2) is 6.54 Å². The Hall–Kier alpha value is -1.48. The number of rotatable bonds is 1. The molecule has 0 unspecified atom stereocenters. The lowest BCUT2D eigenvalue weighted by atomic mass is 10.3. The summed E-state index contributed by atoms with van der Waals surface area (Å²) in [6.07, 6.45) is 4.05. The van der Waals surface area contributed by atoms with Gasteiger partial charge in [0.1, 0.15) is 0 Å². The van der Waals surface area contributed by atoms with Crippen LogP contribution in [0.15, 0.2) is 36.5 Å². The van der Waals surface area contributed by atoms with E-state index in [-0.39, 0.29) is 0 Å². The fraction of sp³-hybridized carbons (Fsp3) is 0.111. The van der Waals surface area contributed by atoms with Crippen molar-refractivity contribution in [2.24, 2.45) is 0 Å². The van der Waals surface area contributed by atoms with Gasteiger partial charge in [0.05, 0.1) is 5.69 Å². The minimum Gasteiger partial charge on any atom is -0.399 e. The lowest BCUT2D eigenvalue weighted by Crippen LogP contribution is -2.28. The van der Waals surface area contributed by atoms with E-state index < -0.39 is 0 Å². The first-order valence-electron chi connectivity index (χ1n) is 3.91. The fourth-order valence-corrected chi connectivity index (χ4v) is 1.21. The van der Waals surface area contributed by atoms with E-state index in [1.807, 2.05) is 35.5 Å². The Morgan fingerprint density at radius 1 is 1.42 bits per heavy atom. The maximum Gasteiger partial charge on any atom is 0.0591 e. The third-order valence-corrected chi connectivity index (χ3v) is 1.78. The number of benzene rings is 1. The summed E-state index contributed by atoms with van der Waals surface area (Å²) in [6.45, 7) is 0.884. The molecule has 0 fully saturated rings. The van der Waals surface area contributed by atoms with Crippen LogP contribution < -0.4 is 16.2 Å². The van der Waals surface area contributed by atoms with E-state index in [1.54, 1.807) is 0 Å². The summed E-state index contributed by atoms with van der Waals surface area (Å²) in [6, 6.07) is 7.77. The van der Waals surface area contributed by atoms with Crippen molar-refractivity contribution in [3.8, 4) is 0 Å². The van der Waals surface area contributed by atoms with Crippen LogP contribution in [0.4, 0.5) is 11.4 Å². The number of nitrogens with one attached hydrogen (secondary N) is 1. The van der Waals surface area contributed by atoms with Gasteiger partial charge >= 0.3 is 0 Å². The largest absolute Gasteiger partial charge is 0.399 e. The third kappa shape index (κ3) is 1.26. The average molecular weight is 161 g/mol. The Morgan fingerprint density at radius 2 is 2.33 bits per heavy atom. The molecule has 62 valence electrons. The summed E-state index contributed by atoms with van der Waals surface area (Å²) < 4.78 is 0. The molecule has 0 bridgehead atoms. The lowest BCUT2D eigenvalue weighted by Gasteiger charge is -2.15. The van der Waals surface area contributed by atoms with Crippen LogP contribution in [0, 0.1) is 0 Å². The quantitative estimate of drug-likeness (QED) is 0.606. The van der Waals surface area contributed by atoms with Gasteiger partial charge in [-0.15, -0.1) is 0 Å². The normalized spacial score (nSPS) is 15.5. The molecule has 0 saturated heterocycles. The zero-order valence-electron chi connectivity index (χ0n) is 6.70. The van der Waals surface area contributed by atoms with Gasteiger partial charge in [-0.3, -0.25) is 5.01 Å². The van der Waals surface area contributed by atoms with Crippen LogP contribution >= 0.6 is 0 Å². The van der Waals surface area contributed by atoms with Gasteiger partial charge in [0.15, 0.2) is 0 Å². The van der Waals surface area contributed by atoms with Gasteiger partial charge in [-0.1, -0.05) is 12.1 Å². The Balaban J connectivity index is 2.27. The fourth-order valence-electron chi connectivity index (χ4n) is 1.21. The molecule has 0 amide bonds. The first-order chi connectivity index (χ1) is 5.86. The second-order valence-electron chi connectivity index (χ2n) is 2.71. The minimum absolute atomic E-state index is 0.787. The van der Waals surface area contributed by atoms with Crippen molar-refractivity contribution in [3.05, 3.63) is 36.5 Å². The molecule has 0 aliphatic carbocycles. The summed E-state index contributed by atoms with van der Waals surface area (Å²) in [5, 5.41) is 1.95. The SMILES string of the molecule is Nc1cccc(N2C=CCN2)c1. The maximum atomic E-state index is 5.65. The number of nitrogens with two attached hydrogens (primary N) is 1. The summed E-state index contributed by atoms with van der Waals surface area (Å²) in [5.41, 5.74) is 10.7. The van der Waals surface area contributed by atoms with E-state index >= 15 is 0 Å². The van der Waals surface area contributed by atoms with Crippen molar-refractivity contribution in [3.63, 3.8) is 0 Å². The van der Waals surface area contributed by atoms with Crippen molar-refractivity contribution in [1.29, 1.82) is 0 Å². The summed E-state index contributed by atoms with van der Waals surface area (Å²) in [4.78, 5) is 0. The van der Waals surface area contributed by atoms with Crippen molar-refractivity contribution < 1.29 is 0 Å². The summed E-state index contributed by atoms with van der Waals surface area (Å²) in [5.74, 6) is 0. The smallest absolute Gasteiger partial charge is 0.0591 e. The number of hydrazine groups is 1. The topological polar surface area (TPSA) is 41.3 Å². The van der Waals surface area contributed by atoms with Gasteiger partial charge in [0.2, 0.25) is 0 Å². The number of anilines is 2. The highest BCUT2D eigenvalue weighted by Gasteiger charge is 2.04. The predicted molar refractivity (Wildman–Crippen MR) is 50.5 cm³/mol. The number of hydrogen-bond donors (Lipinski definition) is 2. The van der Waals surface area contributed by atoms with Crippen molar-refractivity contribution in [2.45, 2.75) is 0 Å². The van der Waals surface area contributed by atoms with Crippen molar-refractivity contribution in [1.82, 2.24) is 5.43 Å². The molecule has 0 spiro atoms. The number of hydrogen-bond acceptors (Lipinski definition) is 3. The predicted octanol–water partition coefficient (Wildman–Crippen LogP) is 1.11. The van der Waals surface area contributed by atoms with Gasteiger partial charge < -0.3 is 5.73 Å². The zero-order valence-corrected chi connectivity index (χ0v) is 6.70. The molecule has 12 heavy (non-hydrogen) atoms. The Kier molecular flexibility index (Phi) is 1.72. The Labute approximate surface area is 71.5 Å². The molecule has 3 nitrogen and oxygen atoms in total. The molecule has 1 heterocycles. The van der Waals surface area contributed by atoms with Gasteiger partial charge in [0, 0.05) is 18.4 Å². The van der Waals surface area contributed by atoms with E-state index in [9.17, 15) is 0 Å². The third-order valence-electron chi connectivity index (χ3n) is 1.78. The average Bonchev–Trinajstić information content (AvgIpc) is 2.56. The molecular formula is C9H11N3. The molecule has 2 rings (SSSR count). The molecule has 3 heteroatoms. The summed E-state index contributed by atoms with van der Waals surface area (Å²) in [7, 11) is 0. The standard InChI is InChI=1S/C9H11N3/c10-8-3-1-4-9(7-8)12-6-2-5-11-12/h1-4,6-7,11H,5,10H2. The number of nitrogens with zero attached hydrogens (tertiary/aromatic N) is 1. The monoisotopic (exact) mass is 161 g/mol. The van der Waals surface area contributed by atoms with E-state index in [0.717, 1.165) is 17.9 Å². The lowest BCUT2D eigenvalue weighted by molar-refractivity contribution is 0.815. The van der Waals surface area contributed by atoms with Gasteiger partial charge in [-0.05, 0) is 18.2 Å². The highest BCUT2D eigenvalue weighted by molar-refractivity contribution is 5.57. The first kappa shape index (κ1) is 7.18. The van der Waals surface area contributed by atoms with Crippen LogP contribution in [0.25, 0.3) is 0 Å². The van der Waals surface area contributed by atoms with Crippen LogP contribution in [-0.2, 0) is 0 Å². The molecule has 1 aromatic carbocycles. The maximum absolute atomic E-state index is 5.65. The molecule has 0 radical (unpaired) electrons. The van der Waals surface area contributed by atoms with Crippen LogP contribution in [0.5, 0.6) is 0 Å².